The lowest BCUT2D eigenvalue weighted by molar-refractivity contribution is -0.0563. The molecule has 7 rings (SSSR count). The Morgan fingerprint density at radius 3 is 2.20 bits per heavy atom. The number of anilines is 2. The van der Waals surface area contributed by atoms with E-state index in [0.717, 1.165) is 17.2 Å². The summed E-state index contributed by atoms with van der Waals surface area (Å²) in [5.41, 5.74) is 10.8. The molecular weight excluding hydrogens is 688 g/mol. The second-order valence-corrected chi connectivity index (χ2v) is 15.8. The Balaban J connectivity index is 1.21. The van der Waals surface area contributed by atoms with Crippen LogP contribution in [0.5, 0.6) is 0 Å². The van der Waals surface area contributed by atoms with Crippen molar-refractivity contribution in [3.63, 3.8) is 0 Å². The van der Waals surface area contributed by atoms with Crippen LogP contribution in [-0.2, 0) is 36.7 Å². The van der Waals surface area contributed by atoms with Crippen LogP contribution in [0.15, 0.2) is 23.8 Å². The van der Waals surface area contributed by atoms with E-state index in [1.165, 1.54) is 10.9 Å². The predicted molar refractivity (Wildman–Crippen MR) is 155 cm³/mol. The van der Waals surface area contributed by atoms with Crippen molar-refractivity contribution in [3.8, 4) is 0 Å². The van der Waals surface area contributed by atoms with Gasteiger partial charge in [-0.15, -0.1) is 0 Å². The molecule has 4 aromatic rings. The van der Waals surface area contributed by atoms with Crippen molar-refractivity contribution in [1.82, 2.24) is 39.0 Å². The summed E-state index contributed by atoms with van der Waals surface area (Å²) in [7, 11) is 0. The van der Waals surface area contributed by atoms with Crippen LogP contribution < -0.4 is 17.0 Å². The topological polar surface area (TPSA) is 249 Å². The minimum Gasteiger partial charge on any atom is -0.382 e. The fourth-order valence-electron chi connectivity index (χ4n) is 5.23. The molecule has 0 spiro atoms. The molecule has 25 heteroatoms. The average molecular weight is 711 g/mol. The van der Waals surface area contributed by atoms with Crippen LogP contribution in [0.25, 0.3) is 22.3 Å². The van der Waals surface area contributed by atoms with E-state index in [9.17, 15) is 13.9 Å². The molecule has 0 aliphatic carbocycles. The number of hydrogen-bond donors (Lipinski definition) is 5. The Bertz CT molecular complexity index is 1950. The third-order valence-electron chi connectivity index (χ3n) is 7.23. The molecule has 4 aromatic heterocycles. The summed E-state index contributed by atoms with van der Waals surface area (Å²) >= 11 is 7.94. The molecule has 2 bridgehead atoms. The van der Waals surface area contributed by atoms with E-state index in [-0.39, 0.29) is 34.1 Å². The Kier molecular flexibility index (Phi) is 7.70. The van der Waals surface area contributed by atoms with Crippen molar-refractivity contribution in [2.45, 2.75) is 49.2 Å². The van der Waals surface area contributed by atoms with Crippen LogP contribution in [-0.4, -0.2) is 89.0 Å². The van der Waals surface area contributed by atoms with Gasteiger partial charge in [-0.3, -0.25) is 37.0 Å². The lowest BCUT2D eigenvalue weighted by atomic mass is 10.1. The van der Waals surface area contributed by atoms with E-state index in [0.29, 0.717) is 0 Å². The second kappa shape index (κ2) is 11.2. The monoisotopic (exact) mass is 710 g/mol. The average Bonchev–Trinajstić information content (AvgIpc) is 3.72. The smallest absolute Gasteiger partial charge is 0.382 e. The minimum absolute atomic E-state index is 0.0368. The number of thiol groups is 2. The molecule has 0 radical (unpaired) electrons. The van der Waals surface area contributed by atoms with E-state index < -0.39 is 81.6 Å². The number of nitrogens with two attached hydrogens (primary N) is 2. The van der Waals surface area contributed by atoms with Crippen LogP contribution >= 0.6 is 38.1 Å². The minimum atomic E-state index is -4.48. The summed E-state index contributed by atoms with van der Waals surface area (Å²) in [6.07, 6.45) is -9.99. The molecule has 19 nitrogen and oxygen atoms in total. The first-order valence-corrected chi connectivity index (χ1v) is 18.3. The maximum Gasteiger partial charge on any atom is 0.386 e. The van der Waals surface area contributed by atoms with Crippen molar-refractivity contribution < 1.29 is 45.5 Å². The first kappa shape index (κ1) is 30.9. The Labute approximate surface area is 259 Å². The van der Waals surface area contributed by atoms with Gasteiger partial charge in [0.2, 0.25) is 5.95 Å². The molecule has 7 heterocycles. The number of aromatic amines is 1. The zero-order chi connectivity index (χ0) is 31.8. The summed E-state index contributed by atoms with van der Waals surface area (Å²) < 4.78 is 94.2. The molecule has 0 unspecified atom stereocenters. The maximum atomic E-state index is 16.0. The van der Waals surface area contributed by atoms with Gasteiger partial charge in [0, 0.05) is 0 Å². The van der Waals surface area contributed by atoms with E-state index in [1.807, 2.05) is 0 Å². The third-order valence-corrected chi connectivity index (χ3v) is 10.5. The highest BCUT2D eigenvalue weighted by molar-refractivity contribution is 8.44. The standard InChI is InChI=1S/C20H22F2N10O9P2S2/c21-8-6-1-36-42(34,44)40-12-7(39-18(9(12)22)32-5-28-11-16(32)29-20(24)30-17(11)33)2-37-43(35,45)41-13(8)19(38-6)31-4-27-10-14(23)25-3-26-15(10)31/h3-9,12-13,18-19H,1-2H2,(H,34,44)(H,35,45)(H2,23,25,26)(H3,24,29,30,33)/t6-,7-,8-,9-,12-,13-,18-,19-,42-,43-/m1/s1. The van der Waals surface area contributed by atoms with Gasteiger partial charge in [0.1, 0.15) is 36.3 Å². The fraction of sp³-hybridized carbons (Fsp3) is 0.500. The van der Waals surface area contributed by atoms with Crippen molar-refractivity contribution >= 4 is 72.2 Å². The lowest BCUT2D eigenvalue weighted by Gasteiger charge is -2.26. The zero-order valence-corrected chi connectivity index (χ0v) is 25.8. The molecule has 3 saturated heterocycles. The highest BCUT2D eigenvalue weighted by Gasteiger charge is 2.54. The summed E-state index contributed by atoms with van der Waals surface area (Å²) in [4.78, 5) is 34.5. The number of fused-ring (bicyclic) bond motifs is 5. The molecular formula is C20H22F2N10O9P2S2. The number of nitrogens with zero attached hydrogens (tertiary/aromatic N) is 7. The molecule has 3 aliphatic rings. The van der Waals surface area contributed by atoms with Gasteiger partial charge < -0.3 is 20.9 Å². The largest absolute Gasteiger partial charge is 0.386 e. The summed E-state index contributed by atoms with van der Waals surface area (Å²) in [6.45, 7) is -10.4. The quantitative estimate of drug-likeness (QED) is 0.146. The summed E-state index contributed by atoms with van der Waals surface area (Å²) in [5, 5.41) is 0. The molecule has 45 heavy (non-hydrogen) atoms. The van der Waals surface area contributed by atoms with E-state index in [1.54, 1.807) is 0 Å². The Hall–Kier alpha value is -2.72. The van der Waals surface area contributed by atoms with Crippen molar-refractivity contribution in [1.29, 1.82) is 0 Å². The molecule has 0 aromatic carbocycles. The van der Waals surface area contributed by atoms with Crippen molar-refractivity contribution in [3.05, 3.63) is 29.3 Å². The van der Waals surface area contributed by atoms with Gasteiger partial charge in [0.25, 0.3) is 5.56 Å². The van der Waals surface area contributed by atoms with Gasteiger partial charge in [-0.2, -0.15) is 4.98 Å². The predicted octanol–water partition coefficient (Wildman–Crippen LogP) is 1.49. The van der Waals surface area contributed by atoms with Gasteiger partial charge in [0.05, 0.1) is 25.9 Å². The maximum absolute atomic E-state index is 16.0. The van der Waals surface area contributed by atoms with Crippen LogP contribution in [0, 0.1) is 0 Å². The molecule has 3 fully saturated rings. The highest BCUT2D eigenvalue weighted by Crippen LogP contribution is 2.60. The lowest BCUT2D eigenvalue weighted by Crippen LogP contribution is -2.33. The molecule has 5 N–H and O–H groups in total. The number of H-pyrrole nitrogens is 1. The SMILES string of the molecule is Nc1nc2c(ncn2[C@@H]2O[C@@H]3CO[P@@](=O)(S)O[C@@H]4[C@H](F)[C@@H](CO[P@@](=O)(S)O[C@H]3[C@H]2F)O[C@H]4n2cnc3c(N)ncnc32)c(=O)[nH]1. The van der Waals surface area contributed by atoms with Gasteiger partial charge in [-0.05, 0) is 0 Å². The fourth-order valence-corrected chi connectivity index (χ4v) is 8.17. The number of nitrogens with one attached hydrogen (secondary N) is 1. The summed E-state index contributed by atoms with van der Waals surface area (Å²) in [5.74, 6) is -0.234. The van der Waals surface area contributed by atoms with Crippen molar-refractivity contribution in [2.24, 2.45) is 0 Å². The first-order chi connectivity index (χ1) is 21.3. The van der Waals surface area contributed by atoms with Gasteiger partial charge in [-0.25, -0.2) is 37.8 Å². The zero-order valence-electron chi connectivity index (χ0n) is 22.3. The number of halogens is 2. The number of alkyl halides is 2. The van der Waals surface area contributed by atoms with Crippen LogP contribution in [0.3, 0.4) is 0 Å². The Morgan fingerprint density at radius 2 is 1.47 bits per heavy atom. The number of imidazole rings is 2. The van der Waals surface area contributed by atoms with E-state index in [2.05, 4.69) is 54.4 Å². The molecule has 242 valence electrons. The number of aromatic nitrogens is 8. The third kappa shape index (κ3) is 5.53. The van der Waals surface area contributed by atoms with Crippen LogP contribution in [0.2, 0.25) is 0 Å². The first-order valence-electron chi connectivity index (χ1n) is 12.9. The summed E-state index contributed by atoms with van der Waals surface area (Å²) in [6, 6.07) is 0. The van der Waals surface area contributed by atoms with Gasteiger partial charge in [-0.1, -0.05) is 24.5 Å². The van der Waals surface area contributed by atoms with Gasteiger partial charge in [0.15, 0.2) is 47.4 Å². The highest BCUT2D eigenvalue weighted by atomic mass is 32.7. The second-order valence-electron chi connectivity index (χ2n) is 10.0. The number of nitrogen functional groups attached to an aromatic ring is 2. The van der Waals surface area contributed by atoms with E-state index in [4.69, 9.17) is 39.0 Å². The number of ether oxygens (including phenoxy) is 2. The van der Waals surface area contributed by atoms with Crippen LogP contribution in [0.4, 0.5) is 20.5 Å². The normalized spacial score (nSPS) is 37.7. The molecule has 10 atom stereocenters. The molecule has 0 saturated carbocycles. The van der Waals surface area contributed by atoms with Crippen LogP contribution in [0.1, 0.15) is 12.5 Å². The van der Waals surface area contributed by atoms with Crippen molar-refractivity contribution in [2.75, 3.05) is 24.7 Å². The van der Waals surface area contributed by atoms with Gasteiger partial charge >= 0.3 is 13.6 Å². The number of hydrogen-bond acceptors (Lipinski definition) is 16. The van der Waals surface area contributed by atoms with E-state index >= 15 is 8.78 Å². The number of rotatable bonds is 2. The Morgan fingerprint density at radius 1 is 0.844 bits per heavy atom. The molecule has 3 aliphatic heterocycles. The molecule has 0 amide bonds.